The SMILES string of the molecule is O=C(O)Cn1c(=O)oc2cc(-c3ccc(Oc4ccc([N+](=O)[O-])cc4)cc3)cnc2c1=O. The van der Waals surface area contributed by atoms with Crippen molar-refractivity contribution >= 4 is 22.8 Å². The van der Waals surface area contributed by atoms with Crippen molar-refractivity contribution in [2.24, 2.45) is 0 Å². The van der Waals surface area contributed by atoms with Crippen LogP contribution in [-0.4, -0.2) is 25.6 Å². The van der Waals surface area contributed by atoms with E-state index >= 15 is 0 Å². The normalized spacial score (nSPS) is 10.8. The second-order valence-electron chi connectivity index (χ2n) is 6.60. The molecule has 11 nitrogen and oxygen atoms in total. The molecular weight excluding hydrogens is 422 g/mol. The number of nitro benzene ring substituents is 1. The van der Waals surface area contributed by atoms with Crippen LogP contribution in [0.3, 0.4) is 0 Å². The van der Waals surface area contributed by atoms with Crippen LogP contribution in [0, 0.1) is 10.1 Å². The van der Waals surface area contributed by atoms with E-state index in [1.165, 1.54) is 36.5 Å². The highest BCUT2D eigenvalue weighted by Gasteiger charge is 2.14. The fourth-order valence-corrected chi connectivity index (χ4v) is 2.96. The number of rotatable bonds is 6. The number of carbonyl (C=O) groups is 1. The summed E-state index contributed by atoms with van der Waals surface area (Å²) >= 11 is 0. The third-order valence-corrected chi connectivity index (χ3v) is 4.48. The first-order valence-corrected chi connectivity index (χ1v) is 9.10. The molecule has 0 aliphatic carbocycles. The number of aromatic nitrogens is 2. The number of hydrogen-bond donors (Lipinski definition) is 1. The highest BCUT2D eigenvalue weighted by molar-refractivity contribution is 5.78. The number of non-ortho nitro benzene ring substituents is 1. The molecule has 11 heteroatoms. The number of aliphatic carboxylic acids is 1. The van der Waals surface area contributed by atoms with Gasteiger partial charge in [-0.05, 0) is 35.9 Å². The van der Waals surface area contributed by atoms with E-state index in [2.05, 4.69) is 4.98 Å². The lowest BCUT2D eigenvalue weighted by Crippen LogP contribution is -2.35. The summed E-state index contributed by atoms with van der Waals surface area (Å²) in [5, 5.41) is 19.5. The highest BCUT2D eigenvalue weighted by atomic mass is 16.6. The summed E-state index contributed by atoms with van der Waals surface area (Å²) in [6, 6.07) is 13.9. The minimum absolute atomic E-state index is 0.0436. The molecule has 0 aliphatic rings. The Bertz CT molecular complexity index is 1450. The van der Waals surface area contributed by atoms with Crippen molar-refractivity contribution < 1.29 is 24.0 Å². The number of benzene rings is 2. The second kappa shape index (κ2) is 8.14. The van der Waals surface area contributed by atoms with Crippen LogP contribution in [0.5, 0.6) is 11.5 Å². The van der Waals surface area contributed by atoms with E-state index in [0.717, 1.165) is 0 Å². The standard InChI is InChI=1S/C21H13N3O8/c25-18(26)11-23-20(27)19-17(32-21(23)28)9-13(10-22-19)12-1-5-15(6-2-12)31-16-7-3-14(4-8-16)24(29)30/h1-10H,11H2,(H,25,26). The van der Waals surface area contributed by atoms with Gasteiger partial charge < -0.3 is 14.3 Å². The molecule has 2 aromatic heterocycles. The van der Waals surface area contributed by atoms with Crippen molar-refractivity contribution in [2.45, 2.75) is 6.54 Å². The molecule has 0 unspecified atom stereocenters. The van der Waals surface area contributed by atoms with Gasteiger partial charge in [-0.25, -0.2) is 14.3 Å². The first-order chi connectivity index (χ1) is 15.3. The number of hydrogen-bond acceptors (Lipinski definition) is 8. The number of fused-ring (bicyclic) bond motifs is 1. The molecule has 4 aromatic rings. The van der Waals surface area contributed by atoms with Crippen LogP contribution in [0.1, 0.15) is 0 Å². The van der Waals surface area contributed by atoms with E-state index in [4.69, 9.17) is 14.3 Å². The van der Waals surface area contributed by atoms with Gasteiger partial charge in [-0.3, -0.25) is 19.7 Å². The summed E-state index contributed by atoms with van der Waals surface area (Å²) in [4.78, 5) is 49.4. The fraction of sp³-hybridized carbons (Fsp3) is 0.0476. The Balaban J connectivity index is 1.60. The molecule has 32 heavy (non-hydrogen) atoms. The van der Waals surface area contributed by atoms with E-state index in [9.17, 15) is 24.5 Å². The number of ether oxygens (including phenoxy) is 1. The summed E-state index contributed by atoms with van der Waals surface area (Å²) in [7, 11) is 0. The molecule has 2 aromatic carbocycles. The van der Waals surface area contributed by atoms with Gasteiger partial charge in [0.05, 0.1) is 4.92 Å². The number of carboxylic acid groups (broad SMARTS) is 1. The summed E-state index contributed by atoms with van der Waals surface area (Å²) in [5.41, 5.74) is 0.124. The largest absolute Gasteiger partial charge is 0.480 e. The average molecular weight is 435 g/mol. The highest BCUT2D eigenvalue weighted by Crippen LogP contribution is 2.27. The second-order valence-corrected chi connectivity index (χ2v) is 6.60. The van der Waals surface area contributed by atoms with Crippen LogP contribution >= 0.6 is 0 Å². The molecule has 0 amide bonds. The van der Waals surface area contributed by atoms with Crippen LogP contribution in [0.15, 0.2) is 74.8 Å². The Kier molecular flexibility index (Phi) is 5.21. The first-order valence-electron chi connectivity index (χ1n) is 9.10. The van der Waals surface area contributed by atoms with Gasteiger partial charge in [-0.2, -0.15) is 0 Å². The Labute approximate surface area is 177 Å². The lowest BCUT2D eigenvalue weighted by Gasteiger charge is -2.07. The molecular formula is C21H13N3O8. The fourth-order valence-electron chi connectivity index (χ4n) is 2.96. The Hall–Kier alpha value is -4.80. The van der Waals surface area contributed by atoms with Gasteiger partial charge in [-0.15, -0.1) is 0 Å². The van der Waals surface area contributed by atoms with E-state index in [1.54, 1.807) is 24.3 Å². The smallest absolute Gasteiger partial charge is 0.422 e. The van der Waals surface area contributed by atoms with Crippen LogP contribution in [-0.2, 0) is 11.3 Å². The predicted molar refractivity (Wildman–Crippen MR) is 111 cm³/mol. The van der Waals surface area contributed by atoms with E-state index in [1.807, 2.05) is 0 Å². The lowest BCUT2D eigenvalue weighted by molar-refractivity contribution is -0.384. The zero-order chi connectivity index (χ0) is 22.8. The van der Waals surface area contributed by atoms with Crippen molar-refractivity contribution in [1.82, 2.24) is 9.55 Å². The number of pyridine rings is 1. The number of carboxylic acids is 1. The number of nitrogens with zero attached hydrogens (tertiary/aromatic N) is 3. The zero-order valence-corrected chi connectivity index (χ0v) is 16.1. The Morgan fingerprint density at radius 1 is 1.06 bits per heavy atom. The molecule has 2 heterocycles. The molecule has 0 fully saturated rings. The molecule has 0 saturated heterocycles. The van der Waals surface area contributed by atoms with E-state index in [-0.39, 0.29) is 16.8 Å². The molecule has 0 aliphatic heterocycles. The minimum Gasteiger partial charge on any atom is -0.480 e. The van der Waals surface area contributed by atoms with Crippen LogP contribution in [0.4, 0.5) is 5.69 Å². The monoisotopic (exact) mass is 435 g/mol. The third kappa shape index (κ3) is 4.07. The molecule has 0 spiro atoms. The maximum atomic E-state index is 12.3. The zero-order valence-electron chi connectivity index (χ0n) is 16.1. The minimum atomic E-state index is -1.36. The Morgan fingerprint density at radius 2 is 1.69 bits per heavy atom. The molecule has 0 bridgehead atoms. The number of nitro groups is 1. The molecule has 4 rings (SSSR count). The lowest BCUT2D eigenvalue weighted by atomic mass is 10.1. The molecule has 0 radical (unpaired) electrons. The van der Waals surface area contributed by atoms with E-state index in [0.29, 0.717) is 27.2 Å². The predicted octanol–water partition coefficient (Wildman–Crippen LogP) is 2.80. The van der Waals surface area contributed by atoms with Gasteiger partial charge in [0.25, 0.3) is 11.2 Å². The topological polar surface area (TPSA) is 155 Å². The summed E-state index contributed by atoms with van der Waals surface area (Å²) in [5.74, 6) is -1.53. The van der Waals surface area contributed by atoms with Gasteiger partial charge in [0.1, 0.15) is 18.0 Å². The maximum Gasteiger partial charge on any atom is 0.422 e. The molecule has 160 valence electrons. The van der Waals surface area contributed by atoms with Crippen LogP contribution in [0.2, 0.25) is 0 Å². The third-order valence-electron chi connectivity index (χ3n) is 4.48. The van der Waals surface area contributed by atoms with Crippen molar-refractivity contribution in [3.05, 3.63) is 91.8 Å². The van der Waals surface area contributed by atoms with E-state index < -0.39 is 28.8 Å². The summed E-state index contributed by atoms with van der Waals surface area (Å²) in [6.45, 7) is -0.823. The van der Waals surface area contributed by atoms with Crippen LogP contribution < -0.4 is 16.1 Å². The van der Waals surface area contributed by atoms with Gasteiger partial charge in [-0.1, -0.05) is 12.1 Å². The Morgan fingerprint density at radius 3 is 2.28 bits per heavy atom. The molecule has 0 saturated carbocycles. The molecule has 0 atom stereocenters. The summed E-state index contributed by atoms with van der Waals surface area (Å²) < 4.78 is 11.2. The van der Waals surface area contributed by atoms with Gasteiger partial charge >= 0.3 is 11.7 Å². The quantitative estimate of drug-likeness (QED) is 0.355. The van der Waals surface area contributed by atoms with Crippen molar-refractivity contribution in [3.8, 4) is 22.6 Å². The van der Waals surface area contributed by atoms with Gasteiger partial charge in [0.15, 0.2) is 11.1 Å². The maximum absolute atomic E-state index is 12.3. The van der Waals surface area contributed by atoms with Crippen LogP contribution in [0.25, 0.3) is 22.2 Å². The van der Waals surface area contributed by atoms with Gasteiger partial charge in [0.2, 0.25) is 0 Å². The van der Waals surface area contributed by atoms with Gasteiger partial charge in [0, 0.05) is 23.9 Å². The molecule has 1 N–H and O–H groups in total. The van der Waals surface area contributed by atoms with Crippen molar-refractivity contribution in [1.29, 1.82) is 0 Å². The van der Waals surface area contributed by atoms with Crippen molar-refractivity contribution in [3.63, 3.8) is 0 Å². The first kappa shape index (κ1) is 20.5. The van der Waals surface area contributed by atoms with Crippen molar-refractivity contribution in [2.75, 3.05) is 0 Å². The average Bonchev–Trinajstić information content (AvgIpc) is 2.77. The summed E-state index contributed by atoms with van der Waals surface area (Å²) in [6.07, 6.45) is 1.40.